The molecule has 0 bridgehead atoms. The van der Waals surface area contributed by atoms with Crippen molar-refractivity contribution in [1.29, 1.82) is 0 Å². The van der Waals surface area contributed by atoms with E-state index in [1.807, 2.05) is 45.4 Å². The molecule has 0 atom stereocenters. The van der Waals surface area contributed by atoms with E-state index in [4.69, 9.17) is 5.73 Å². The van der Waals surface area contributed by atoms with E-state index in [9.17, 15) is 4.79 Å². The Morgan fingerprint density at radius 1 is 1.29 bits per heavy atom. The Bertz CT molecular complexity index is 702. The number of amides is 1. The van der Waals surface area contributed by atoms with Crippen molar-refractivity contribution in [2.75, 3.05) is 13.6 Å². The highest BCUT2D eigenvalue weighted by molar-refractivity contribution is 5.92. The molecular weight excluding hydrogens is 302 g/mol. The third-order valence-corrected chi connectivity index (χ3v) is 3.80. The van der Waals surface area contributed by atoms with Gasteiger partial charge in [-0.3, -0.25) is 4.79 Å². The summed E-state index contributed by atoms with van der Waals surface area (Å²) in [5, 5.41) is 3.31. The Kier molecular flexibility index (Phi) is 6.01. The molecule has 6 nitrogen and oxygen atoms in total. The zero-order valence-corrected chi connectivity index (χ0v) is 14.5. The molecule has 0 saturated heterocycles. The number of carbonyl (C=O) groups excluding carboxylic acids is 1. The van der Waals surface area contributed by atoms with Crippen LogP contribution in [0.5, 0.6) is 0 Å². The Morgan fingerprint density at radius 2 is 2.00 bits per heavy atom. The Hall–Kier alpha value is -2.76. The second-order valence-corrected chi connectivity index (χ2v) is 5.70. The van der Waals surface area contributed by atoms with Gasteiger partial charge in [-0.1, -0.05) is 12.1 Å². The van der Waals surface area contributed by atoms with Crippen molar-refractivity contribution in [3.8, 4) is 0 Å². The number of aromatic nitrogens is 1. The van der Waals surface area contributed by atoms with Crippen LogP contribution in [0.3, 0.4) is 0 Å². The number of benzene rings is 1. The van der Waals surface area contributed by atoms with Crippen molar-refractivity contribution >= 4 is 11.9 Å². The molecule has 1 heterocycles. The van der Waals surface area contributed by atoms with Crippen LogP contribution < -0.4 is 11.1 Å². The van der Waals surface area contributed by atoms with Crippen molar-refractivity contribution in [1.82, 2.24) is 14.8 Å². The number of aliphatic imine (C=N–C) groups is 1. The first-order valence-corrected chi connectivity index (χ1v) is 7.99. The number of guanidine groups is 1. The lowest BCUT2D eigenvalue weighted by molar-refractivity contribution is 0.100. The number of rotatable bonds is 6. The average molecular weight is 327 g/mol. The van der Waals surface area contributed by atoms with E-state index in [0.717, 1.165) is 24.6 Å². The molecule has 0 radical (unpaired) electrons. The molecule has 0 aliphatic carbocycles. The number of hydrogen-bond donors (Lipinski definition) is 2. The Morgan fingerprint density at radius 3 is 2.54 bits per heavy atom. The lowest BCUT2D eigenvalue weighted by Gasteiger charge is -2.22. The molecular formula is C18H25N5O. The third-order valence-electron chi connectivity index (χ3n) is 3.80. The van der Waals surface area contributed by atoms with Crippen LogP contribution in [0.15, 0.2) is 47.6 Å². The summed E-state index contributed by atoms with van der Waals surface area (Å²) < 4.78 is 2.10. The van der Waals surface area contributed by atoms with Crippen molar-refractivity contribution in [3.63, 3.8) is 0 Å². The molecule has 1 amide bonds. The van der Waals surface area contributed by atoms with E-state index in [1.165, 1.54) is 5.69 Å². The van der Waals surface area contributed by atoms with E-state index in [-0.39, 0.29) is 0 Å². The smallest absolute Gasteiger partial charge is 0.248 e. The van der Waals surface area contributed by atoms with Crippen LogP contribution in [0.2, 0.25) is 0 Å². The topological polar surface area (TPSA) is 75.6 Å². The summed E-state index contributed by atoms with van der Waals surface area (Å²) in [5.41, 5.74) is 8.01. The molecule has 0 aliphatic rings. The number of primary amides is 1. The molecule has 1 aromatic carbocycles. The minimum atomic E-state index is -0.416. The largest absolute Gasteiger partial charge is 0.366 e. The van der Waals surface area contributed by atoms with Gasteiger partial charge in [0.2, 0.25) is 5.91 Å². The zero-order valence-electron chi connectivity index (χ0n) is 14.5. The lowest BCUT2D eigenvalue weighted by atomic mass is 10.1. The molecule has 128 valence electrons. The molecule has 2 aromatic rings. The van der Waals surface area contributed by atoms with Gasteiger partial charge >= 0.3 is 0 Å². The van der Waals surface area contributed by atoms with Gasteiger partial charge in [-0.05, 0) is 36.8 Å². The zero-order chi connectivity index (χ0) is 17.5. The number of nitrogens with one attached hydrogen (secondary N) is 1. The lowest BCUT2D eigenvalue weighted by Crippen LogP contribution is -2.38. The van der Waals surface area contributed by atoms with Crippen LogP contribution in [0.1, 0.15) is 28.5 Å². The summed E-state index contributed by atoms with van der Waals surface area (Å²) in [5.74, 6) is 0.429. The first-order chi connectivity index (χ1) is 11.5. The summed E-state index contributed by atoms with van der Waals surface area (Å²) in [4.78, 5) is 17.9. The van der Waals surface area contributed by atoms with Gasteiger partial charge in [-0.25, -0.2) is 4.99 Å². The molecule has 6 heteroatoms. The predicted octanol–water partition coefficient (Wildman–Crippen LogP) is 1.72. The summed E-state index contributed by atoms with van der Waals surface area (Å²) in [6.07, 6.45) is 2.04. The van der Waals surface area contributed by atoms with E-state index in [2.05, 4.69) is 25.8 Å². The Balaban J connectivity index is 2.06. The minimum absolute atomic E-state index is 0.416. The van der Waals surface area contributed by atoms with Crippen molar-refractivity contribution in [2.24, 2.45) is 17.8 Å². The average Bonchev–Trinajstić information content (AvgIpc) is 2.96. The summed E-state index contributed by atoms with van der Waals surface area (Å²) in [6, 6.07) is 11.4. The molecule has 0 spiro atoms. The Labute approximate surface area is 143 Å². The maximum Gasteiger partial charge on any atom is 0.248 e. The second kappa shape index (κ2) is 8.19. The molecule has 24 heavy (non-hydrogen) atoms. The number of nitrogens with zero attached hydrogens (tertiary/aromatic N) is 3. The second-order valence-electron chi connectivity index (χ2n) is 5.70. The summed E-state index contributed by atoms with van der Waals surface area (Å²) in [7, 11) is 4.05. The first-order valence-electron chi connectivity index (χ1n) is 7.99. The van der Waals surface area contributed by atoms with E-state index < -0.39 is 5.91 Å². The predicted molar refractivity (Wildman–Crippen MR) is 96.7 cm³/mol. The van der Waals surface area contributed by atoms with Gasteiger partial charge in [-0.2, -0.15) is 0 Å². The number of hydrogen-bond acceptors (Lipinski definition) is 2. The van der Waals surface area contributed by atoms with Crippen LogP contribution in [-0.2, 0) is 20.1 Å². The van der Waals surface area contributed by atoms with Gasteiger partial charge in [0.25, 0.3) is 0 Å². The fraction of sp³-hybridized carbons (Fsp3) is 0.333. The van der Waals surface area contributed by atoms with Crippen LogP contribution >= 0.6 is 0 Å². The molecule has 0 fully saturated rings. The van der Waals surface area contributed by atoms with Crippen LogP contribution in [-0.4, -0.2) is 34.9 Å². The third kappa shape index (κ3) is 4.62. The minimum Gasteiger partial charge on any atom is -0.366 e. The number of aryl methyl sites for hydroxylation is 1. The van der Waals surface area contributed by atoms with Gasteiger partial charge in [0, 0.05) is 38.1 Å². The van der Waals surface area contributed by atoms with Crippen LogP contribution in [0.25, 0.3) is 0 Å². The van der Waals surface area contributed by atoms with Crippen molar-refractivity contribution in [2.45, 2.75) is 20.0 Å². The number of nitrogens with two attached hydrogens (primary N) is 1. The fourth-order valence-corrected chi connectivity index (χ4v) is 2.39. The fourth-order valence-electron chi connectivity index (χ4n) is 2.39. The number of carbonyl (C=O) groups is 1. The van der Waals surface area contributed by atoms with Gasteiger partial charge in [0.15, 0.2) is 5.96 Å². The first kappa shape index (κ1) is 17.6. The normalized spacial score (nSPS) is 11.4. The molecule has 0 aliphatic heterocycles. The molecule has 3 N–H and O–H groups in total. The van der Waals surface area contributed by atoms with Crippen molar-refractivity contribution in [3.05, 3.63) is 59.4 Å². The highest BCUT2D eigenvalue weighted by atomic mass is 16.1. The highest BCUT2D eigenvalue weighted by Gasteiger charge is 2.08. The summed E-state index contributed by atoms with van der Waals surface area (Å²) in [6.45, 7) is 4.17. The summed E-state index contributed by atoms with van der Waals surface area (Å²) >= 11 is 0. The van der Waals surface area contributed by atoms with Crippen molar-refractivity contribution < 1.29 is 4.79 Å². The molecule has 0 unspecified atom stereocenters. The van der Waals surface area contributed by atoms with E-state index >= 15 is 0 Å². The SMILES string of the molecule is CCNC(=NCc1ccc(C(N)=O)cc1)N(C)Cc1cccn1C. The maximum atomic E-state index is 11.1. The molecule has 0 saturated carbocycles. The van der Waals surface area contributed by atoms with Gasteiger partial charge < -0.3 is 20.5 Å². The van der Waals surface area contributed by atoms with Gasteiger partial charge in [-0.15, -0.1) is 0 Å². The van der Waals surface area contributed by atoms with E-state index in [1.54, 1.807) is 12.1 Å². The van der Waals surface area contributed by atoms with Gasteiger partial charge in [0.05, 0.1) is 13.1 Å². The molecule has 1 aromatic heterocycles. The maximum absolute atomic E-state index is 11.1. The van der Waals surface area contributed by atoms with E-state index in [0.29, 0.717) is 12.1 Å². The quantitative estimate of drug-likeness (QED) is 0.626. The van der Waals surface area contributed by atoms with Crippen LogP contribution in [0.4, 0.5) is 0 Å². The molecule has 2 rings (SSSR count). The highest BCUT2D eigenvalue weighted by Crippen LogP contribution is 2.07. The van der Waals surface area contributed by atoms with Gasteiger partial charge in [0.1, 0.15) is 0 Å². The monoisotopic (exact) mass is 327 g/mol. The standard InChI is InChI=1S/C18H25N5O/c1-4-20-18(23(3)13-16-6-5-11-22(16)2)21-12-14-7-9-15(10-8-14)17(19)24/h5-11H,4,12-13H2,1-3H3,(H2,19,24)(H,20,21). The van der Waals surface area contributed by atoms with Crippen LogP contribution in [0, 0.1) is 0 Å².